The Morgan fingerprint density at radius 2 is 2.07 bits per heavy atom. The first-order chi connectivity index (χ1) is 7.06. The molecule has 1 unspecified atom stereocenters. The molecule has 15 heavy (non-hydrogen) atoms. The Bertz CT molecular complexity index is 213. The summed E-state index contributed by atoms with van der Waals surface area (Å²) in [6.45, 7) is 9.78. The molecule has 3 nitrogen and oxygen atoms in total. The van der Waals surface area contributed by atoms with E-state index in [2.05, 4.69) is 37.6 Å². The van der Waals surface area contributed by atoms with Crippen molar-refractivity contribution in [2.45, 2.75) is 39.7 Å². The predicted molar refractivity (Wildman–Crippen MR) is 65.5 cm³/mol. The lowest BCUT2D eigenvalue weighted by Gasteiger charge is -2.33. The third kappa shape index (κ3) is 3.20. The molecule has 1 rings (SSSR count). The Hall–Kier alpha value is -0.570. The molecule has 0 aromatic heterocycles. The van der Waals surface area contributed by atoms with Gasteiger partial charge in [0, 0.05) is 25.0 Å². The van der Waals surface area contributed by atoms with E-state index in [1.807, 2.05) is 0 Å². The van der Waals surface area contributed by atoms with Crippen LogP contribution >= 0.6 is 0 Å². The standard InChI is InChI=1S/C12H25N3/c1-5-11-9-14(4)7-6-8-15(11)12(13)10(2)3/h10-11,13H,5-9H2,1-4H3. The molecule has 1 aliphatic heterocycles. The van der Waals surface area contributed by atoms with E-state index < -0.39 is 0 Å². The lowest BCUT2D eigenvalue weighted by Crippen LogP contribution is -2.44. The fraction of sp³-hybridized carbons (Fsp3) is 0.917. The van der Waals surface area contributed by atoms with Crippen molar-refractivity contribution in [3.63, 3.8) is 0 Å². The molecule has 1 saturated heterocycles. The Morgan fingerprint density at radius 1 is 1.40 bits per heavy atom. The summed E-state index contributed by atoms with van der Waals surface area (Å²) < 4.78 is 0. The van der Waals surface area contributed by atoms with Gasteiger partial charge in [-0.15, -0.1) is 0 Å². The monoisotopic (exact) mass is 211 g/mol. The van der Waals surface area contributed by atoms with E-state index >= 15 is 0 Å². The Balaban J connectivity index is 2.70. The van der Waals surface area contributed by atoms with Crippen LogP contribution in [-0.4, -0.2) is 48.4 Å². The summed E-state index contributed by atoms with van der Waals surface area (Å²) in [5.74, 6) is 1.17. The second-order valence-electron chi connectivity index (χ2n) is 4.91. The van der Waals surface area contributed by atoms with Gasteiger partial charge in [0.25, 0.3) is 0 Å². The van der Waals surface area contributed by atoms with Gasteiger partial charge in [0.05, 0.1) is 5.84 Å². The maximum absolute atomic E-state index is 8.14. The molecule has 0 aliphatic carbocycles. The highest BCUT2D eigenvalue weighted by Crippen LogP contribution is 2.15. The summed E-state index contributed by atoms with van der Waals surface area (Å²) in [6.07, 6.45) is 2.32. The summed E-state index contributed by atoms with van der Waals surface area (Å²) in [4.78, 5) is 4.70. The van der Waals surface area contributed by atoms with Gasteiger partial charge in [-0.1, -0.05) is 20.8 Å². The zero-order chi connectivity index (χ0) is 11.4. The van der Waals surface area contributed by atoms with Crippen LogP contribution in [0.5, 0.6) is 0 Å². The lowest BCUT2D eigenvalue weighted by molar-refractivity contribution is 0.257. The fourth-order valence-corrected chi connectivity index (χ4v) is 2.24. The van der Waals surface area contributed by atoms with Crippen molar-refractivity contribution in [3.8, 4) is 0 Å². The van der Waals surface area contributed by atoms with Crippen molar-refractivity contribution in [3.05, 3.63) is 0 Å². The first-order valence-electron chi connectivity index (χ1n) is 6.09. The summed E-state index contributed by atoms with van der Waals surface area (Å²) >= 11 is 0. The Kier molecular flexibility index (Phi) is 4.58. The third-order valence-electron chi connectivity index (χ3n) is 3.23. The van der Waals surface area contributed by atoms with Crippen molar-refractivity contribution in [1.82, 2.24) is 9.80 Å². The molecule has 1 aliphatic rings. The van der Waals surface area contributed by atoms with Gasteiger partial charge in [0.1, 0.15) is 0 Å². The molecule has 1 N–H and O–H groups in total. The first kappa shape index (κ1) is 12.5. The predicted octanol–water partition coefficient (Wildman–Crippen LogP) is 2.04. The van der Waals surface area contributed by atoms with Crippen LogP contribution in [0.4, 0.5) is 0 Å². The maximum atomic E-state index is 8.14. The van der Waals surface area contributed by atoms with E-state index in [4.69, 9.17) is 5.41 Å². The highest BCUT2D eigenvalue weighted by Gasteiger charge is 2.24. The number of nitrogens with zero attached hydrogens (tertiary/aromatic N) is 2. The van der Waals surface area contributed by atoms with Gasteiger partial charge >= 0.3 is 0 Å². The molecule has 0 radical (unpaired) electrons. The number of rotatable bonds is 2. The lowest BCUT2D eigenvalue weighted by atomic mass is 10.1. The zero-order valence-electron chi connectivity index (χ0n) is 10.6. The second kappa shape index (κ2) is 5.50. The van der Waals surface area contributed by atoms with Gasteiger partial charge in [-0.25, -0.2) is 0 Å². The molecule has 1 heterocycles. The largest absolute Gasteiger partial charge is 0.356 e. The number of likely N-dealkylation sites (N-methyl/N-ethyl adjacent to an activating group) is 1. The van der Waals surface area contributed by atoms with Gasteiger partial charge in [-0.05, 0) is 26.4 Å². The van der Waals surface area contributed by atoms with E-state index in [0.717, 1.165) is 25.3 Å². The average molecular weight is 211 g/mol. The normalized spacial score (nSPS) is 24.3. The Morgan fingerprint density at radius 3 is 2.60 bits per heavy atom. The minimum absolute atomic E-state index is 0.349. The molecule has 88 valence electrons. The molecular formula is C12H25N3. The molecule has 0 spiro atoms. The molecule has 3 heteroatoms. The SMILES string of the molecule is CCC1CN(C)CCCN1C(=N)C(C)C. The van der Waals surface area contributed by atoms with Crippen LogP contribution in [0.3, 0.4) is 0 Å². The fourth-order valence-electron chi connectivity index (χ4n) is 2.24. The minimum Gasteiger partial charge on any atom is -0.356 e. The summed E-state index contributed by atoms with van der Waals surface area (Å²) in [5, 5.41) is 8.14. The molecule has 0 amide bonds. The van der Waals surface area contributed by atoms with Crippen molar-refractivity contribution < 1.29 is 0 Å². The van der Waals surface area contributed by atoms with Crippen LogP contribution in [0.2, 0.25) is 0 Å². The minimum atomic E-state index is 0.349. The summed E-state index contributed by atoms with van der Waals surface area (Å²) in [5.41, 5.74) is 0. The zero-order valence-corrected chi connectivity index (χ0v) is 10.6. The van der Waals surface area contributed by atoms with Crippen molar-refractivity contribution in [2.24, 2.45) is 5.92 Å². The second-order valence-corrected chi connectivity index (χ2v) is 4.91. The third-order valence-corrected chi connectivity index (χ3v) is 3.23. The highest BCUT2D eigenvalue weighted by molar-refractivity contribution is 5.81. The van der Waals surface area contributed by atoms with Crippen molar-refractivity contribution in [1.29, 1.82) is 5.41 Å². The molecule has 1 fully saturated rings. The smallest absolute Gasteiger partial charge is 0.0986 e. The number of amidine groups is 1. The van der Waals surface area contributed by atoms with Crippen LogP contribution in [-0.2, 0) is 0 Å². The van der Waals surface area contributed by atoms with Crippen LogP contribution in [0, 0.1) is 11.3 Å². The average Bonchev–Trinajstić information content (AvgIpc) is 2.38. The van der Waals surface area contributed by atoms with Crippen molar-refractivity contribution >= 4 is 5.84 Å². The summed E-state index contributed by atoms with van der Waals surface area (Å²) in [6, 6.07) is 0.535. The molecule has 0 aromatic rings. The highest BCUT2D eigenvalue weighted by atomic mass is 15.3. The van der Waals surface area contributed by atoms with Gasteiger partial charge in [-0.2, -0.15) is 0 Å². The first-order valence-corrected chi connectivity index (χ1v) is 6.09. The van der Waals surface area contributed by atoms with E-state index in [1.165, 1.54) is 13.0 Å². The maximum Gasteiger partial charge on any atom is 0.0986 e. The van der Waals surface area contributed by atoms with Gasteiger partial charge in [0.15, 0.2) is 0 Å². The van der Waals surface area contributed by atoms with Crippen LogP contribution < -0.4 is 0 Å². The van der Waals surface area contributed by atoms with E-state index in [0.29, 0.717) is 12.0 Å². The van der Waals surface area contributed by atoms with Crippen LogP contribution in [0.25, 0.3) is 0 Å². The van der Waals surface area contributed by atoms with Crippen molar-refractivity contribution in [2.75, 3.05) is 26.7 Å². The van der Waals surface area contributed by atoms with Gasteiger partial charge in [-0.3, -0.25) is 5.41 Å². The van der Waals surface area contributed by atoms with Crippen LogP contribution in [0.1, 0.15) is 33.6 Å². The molecular weight excluding hydrogens is 186 g/mol. The van der Waals surface area contributed by atoms with Crippen LogP contribution in [0.15, 0.2) is 0 Å². The number of hydrogen-bond donors (Lipinski definition) is 1. The summed E-state index contributed by atoms with van der Waals surface area (Å²) in [7, 11) is 2.19. The van der Waals surface area contributed by atoms with E-state index in [-0.39, 0.29) is 0 Å². The molecule has 0 saturated carbocycles. The number of nitrogens with one attached hydrogen (secondary N) is 1. The molecule has 0 bridgehead atoms. The van der Waals surface area contributed by atoms with E-state index in [1.54, 1.807) is 0 Å². The topological polar surface area (TPSA) is 30.3 Å². The quantitative estimate of drug-likeness (QED) is 0.559. The molecule has 0 aromatic carbocycles. The Labute approximate surface area is 94.0 Å². The molecule has 1 atom stereocenters. The van der Waals surface area contributed by atoms with E-state index in [9.17, 15) is 0 Å². The number of hydrogen-bond acceptors (Lipinski definition) is 2. The van der Waals surface area contributed by atoms with Gasteiger partial charge in [0.2, 0.25) is 0 Å². The van der Waals surface area contributed by atoms with Gasteiger partial charge < -0.3 is 9.80 Å².